The van der Waals surface area contributed by atoms with Crippen molar-refractivity contribution < 1.29 is 4.79 Å². The molecule has 0 radical (unpaired) electrons. The van der Waals surface area contributed by atoms with Gasteiger partial charge in [-0.15, -0.1) is 0 Å². The molecule has 0 bridgehead atoms. The molecular formula is C21H27N5O. The summed E-state index contributed by atoms with van der Waals surface area (Å²) in [6.45, 7) is 3.46. The highest BCUT2D eigenvalue weighted by atomic mass is 16.2. The molecule has 2 aliphatic rings. The van der Waals surface area contributed by atoms with E-state index in [1.807, 2.05) is 6.07 Å². The molecule has 2 aromatic rings. The molecule has 27 heavy (non-hydrogen) atoms. The van der Waals surface area contributed by atoms with Crippen molar-refractivity contribution >= 4 is 17.7 Å². The van der Waals surface area contributed by atoms with Gasteiger partial charge in [-0.1, -0.05) is 30.3 Å². The van der Waals surface area contributed by atoms with Gasteiger partial charge in [0, 0.05) is 44.2 Å². The van der Waals surface area contributed by atoms with Crippen LogP contribution in [0, 0.1) is 5.41 Å². The van der Waals surface area contributed by atoms with E-state index >= 15 is 0 Å². The minimum atomic E-state index is 0.136. The molecule has 0 aliphatic carbocycles. The molecule has 142 valence electrons. The summed E-state index contributed by atoms with van der Waals surface area (Å²) < 4.78 is 0. The summed E-state index contributed by atoms with van der Waals surface area (Å²) in [5.41, 5.74) is 7.26. The number of benzene rings is 1. The molecule has 2 aliphatic heterocycles. The van der Waals surface area contributed by atoms with Crippen LogP contribution in [0.25, 0.3) is 0 Å². The van der Waals surface area contributed by atoms with Crippen LogP contribution >= 0.6 is 0 Å². The molecule has 1 aromatic heterocycles. The number of nitrogens with two attached hydrogens (primary N) is 1. The van der Waals surface area contributed by atoms with Crippen LogP contribution in [0.2, 0.25) is 0 Å². The Morgan fingerprint density at radius 1 is 1.11 bits per heavy atom. The van der Waals surface area contributed by atoms with Crippen molar-refractivity contribution in [3.63, 3.8) is 0 Å². The van der Waals surface area contributed by atoms with E-state index in [-0.39, 0.29) is 11.3 Å². The van der Waals surface area contributed by atoms with Crippen molar-refractivity contribution in [3.05, 3.63) is 48.2 Å². The summed E-state index contributed by atoms with van der Waals surface area (Å²) in [5.74, 6) is 1.50. The third kappa shape index (κ3) is 4.04. The van der Waals surface area contributed by atoms with Crippen molar-refractivity contribution in [2.24, 2.45) is 5.41 Å². The van der Waals surface area contributed by atoms with E-state index in [2.05, 4.69) is 44.0 Å². The van der Waals surface area contributed by atoms with Gasteiger partial charge in [0.15, 0.2) is 0 Å². The first-order valence-electron chi connectivity index (χ1n) is 9.79. The van der Waals surface area contributed by atoms with Crippen LogP contribution in [0.4, 0.5) is 11.8 Å². The van der Waals surface area contributed by atoms with Gasteiger partial charge in [0.1, 0.15) is 5.82 Å². The van der Waals surface area contributed by atoms with E-state index in [4.69, 9.17) is 5.73 Å². The number of piperidine rings is 2. The third-order valence-electron chi connectivity index (χ3n) is 5.87. The van der Waals surface area contributed by atoms with Gasteiger partial charge in [0.25, 0.3) is 0 Å². The molecule has 1 atom stereocenters. The molecule has 3 heterocycles. The number of hydrogen-bond acceptors (Lipinski definition) is 5. The fourth-order valence-electron chi connectivity index (χ4n) is 4.44. The highest BCUT2D eigenvalue weighted by Gasteiger charge is 2.42. The number of aromatic nitrogens is 2. The number of carbonyl (C=O) groups is 1. The smallest absolute Gasteiger partial charge is 0.227 e. The van der Waals surface area contributed by atoms with E-state index in [9.17, 15) is 4.79 Å². The molecule has 6 nitrogen and oxygen atoms in total. The van der Waals surface area contributed by atoms with E-state index in [0.29, 0.717) is 18.2 Å². The molecule has 0 saturated carbocycles. The summed E-state index contributed by atoms with van der Waals surface area (Å²) >= 11 is 0. The van der Waals surface area contributed by atoms with Crippen LogP contribution in [0.3, 0.4) is 0 Å². The van der Waals surface area contributed by atoms with E-state index < -0.39 is 0 Å². The average Bonchev–Trinajstić information content (AvgIpc) is 2.70. The van der Waals surface area contributed by atoms with Crippen LogP contribution in [0.1, 0.15) is 31.2 Å². The average molecular weight is 365 g/mol. The van der Waals surface area contributed by atoms with Crippen LogP contribution in [0.15, 0.2) is 42.6 Å². The summed E-state index contributed by atoms with van der Waals surface area (Å²) in [4.78, 5) is 25.6. The topological polar surface area (TPSA) is 75.3 Å². The lowest BCUT2D eigenvalue weighted by molar-refractivity contribution is -0.137. The van der Waals surface area contributed by atoms with Gasteiger partial charge in [-0.25, -0.2) is 4.98 Å². The first-order valence-corrected chi connectivity index (χ1v) is 9.79. The third-order valence-corrected chi connectivity index (χ3v) is 5.87. The predicted octanol–water partition coefficient (Wildman–Crippen LogP) is 2.51. The Morgan fingerprint density at radius 2 is 1.96 bits per heavy atom. The Hall–Kier alpha value is -2.63. The van der Waals surface area contributed by atoms with Crippen LogP contribution < -0.4 is 10.6 Å². The molecule has 1 spiro atoms. The van der Waals surface area contributed by atoms with E-state index in [1.54, 1.807) is 12.3 Å². The molecule has 1 amide bonds. The normalized spacial score (nSPS) is 23.0. The zero-order valence-electron chi connectivity index (χ0n) is 15.7. The Balaban J connectivity index is 1.44. The quantitative estimate of drug-likeness (QED) is 0.901. The summed E-state index contributed by atoms with van der Waals surface area (Å²) in [6.07, 6.45) is 6.47. The second-order valence-corrected chi connectivity index (χ2v) is 7.86. The monoisotopic (exact) mass is 365 g/mol. The molecular weight excluding hydrogens is 338 g/mol. The number of amides is 1. The fraction of sp³-hybridized carbons (Fsp3) is 0.476. The van der Waals surface area contributed by atoms with Gasteiger partial charge >= 0.3 is 0 Å². The predicted molar refractivity (Wildman–Crippen MR) is 106 cm³/mol. The van der Waals surface area contributed by atoms with E-state index in [0.717, 1.165) is 51.9 Å². The minimum absolute atomic E-state index is 0.136. The van der Waals surface area contributed by atoms with Gasteiger partial charge in [0.05, 0.1) is 0 Å². The zero-order valence-corrected chi connectivity index (χ0v) is 15.7. The van der Waals surface area contributed by atoms with Gasteiger partial charge < -0.3 is 15.5 Å². The second-order valence-electron chi connectivity index (χ2n) is 7.86. The van der Waals surface area contributed by atoms with E-state index in [1.165, 1.54) is 5.56 Å². The molecule has 0 unspecified atom stereocenters. The van der Waals surface area contributed by atoms with Crippen LogP contribution in [-0.2, 0) is 11.2 Å². The van der Waals surface area contributed by atoms with Crippen molar-refractivity contribution in [2.45, 2.75) is 32.1 Å². The standard InChI is InChI=1S/C21H27N5O/c22-18-8-12-23-20(24-18)26-13-4-10-21(16-26)11-7-19(27)25(15-21)14-9-17-5-2-1-3-6-17/h1-3,5-6,8,12H,4,7,9-11,13-16H2,(H2,22,23,24)/t21-/m1/s1. The van der Waals surface area contributed by atoms with Crippen molar-refractivity contribution in [3.8, 4) is 0 Å². The SMILES string of the molecule is Nc1ccnc(N2CCC[C@]3(CCC(=O)N(CCc4ccccc4)C3)C2)n1. The Kier molecular flexibility index (Phi) is 4.97. The lowest BCUT2D eigenvalue weighted by atomic mass is 9.73. The number of nitrogens with zero attached hydrogens (tertiary/aromatic N) is 4. The Labute approximate surface area is 160 Å². The minimum Gasteiger partial charge on any atom is -0.384 e. The van der Waals surface area contributed by atoms with Crippen molar-refractivity contribution in [2.75, 3.05) is 36.8 Å². The lowest BCUT2D eigenvalue weighted by Gasteiger charge is -2.48. The number of hydrogen-bond donors (Lipinski definition) is 1. The number of anilines is 2. The number of rotatable bonds is 4. The maximum absolute atomic E-state index is 12.5. The maximum Gasteiger partial charge on any atom is 0.227 e. The zero-order chi connectivity index (χ0) is 18.7. The van der Waals surface area contributed by atoms with Gasteiger partial charge in [-0.05, 0) is 37.3 Å². The Bertz CT molecular complexity index is 796. The van der Waals surface area contributed by atoms with Gasteiger partial charge in [0.2, 0.25) is 11.9 Å². The van der Waals surface area contributed by atoms with Crippen LogP contribution in [0.5, 0.6) is 0 Å². The molecule has 4 rings (SSSR count). The highest BCUT2D eigenvalue weighted by molar-refractivity contribution is 5.77. The van der Waals surface area contributed by atoms with Crippen molar-refractivity contribution in [1.29, 1.82) is 0 Å². The first kappa shape index (κ1) is 17.8. The molecule has 2 fully saturated rings. The largest absolute Gasteiger partial charge is 0.384 e. The van der Waals surface area contributed by atoms with Gasteiger partial charge in [-0.2, -0.15) is 4.98 Å². The number of carbonyl (C=O) groups excluding carboxylic acids is 1. The molecule has 6 heteroatoms. The van der Waals surface area contributed by atoms with Crippen molar-refractivity contribution in [1.82, 2.24) is 14.9 Å². The molecule has 1 aromatic carbocycles. The second kappa shape index (κ2) is 7.55. The van der Waals surface area contributed by atoms with Gasteiger partial charge in [-0.3, -0.25) is 4.79 Å². The maximum atomic E-state index is 12.5. The molecule has 2 saturated heterocycles. The molecule has 2 N–H and O–H groups in total. The lowest BCUT2D eigenvalue weighted by Crippen LogP contribution is -2.54. The summed E-state index contributed by atoms with van der Waals surface area (Å²) in [6, 6.07) is 12.1. The highest BCUT2D eigenvalue weighted by Crippen LogP contribution is 2.39. The number of likely N-dealkylation sites (tertiary alicyclic amines) is 1. The van der Waals surface area contributed by atoms with Crippen LogP contribution in [-0.4, -0.2) is 47.0 Å². The fourth-order valence-corrected chi connectivity index (χ4v) is 4.44. The summed E-state index contributed by atoms with van der Waals surface area (Å²) in [5, 5.41) is 0. The first-order chi connectivity index (χ1) is 13.1. The summed E-state index contributed by atoms with van der Waals surface area (Å²) in [7, 11) is 0. The number of nitrogen functional groups attached to an aromatic ring is 1. The Morgan fingerprint density at radius 3 is 2.78 bits per heavy atom.